The minimum Gasteiger partial charge on any atom is -0.457 e. The monoisotopic (exact) mass is 330 g/mol. The number of anilines is 1. The molecular weight excluding hydrogens is 308 g/mol. The van der Waals surface area contributed by atoms with Gasteiger partial charge in [-0.1, -0.05) is 17.7 Å². The van der Waals surface area contributed by atoms with E-state index < -0.39 is 0 Å². The number of halogens is 1. The lowest BCUT2D eigenvalue weighted by molar-refractivity contribution is 0.472. The smallest absolute Gasteiger partial charge is 0.132 e. The first-order chi connectivity index (χ1) is 11.0. The van der Waals surface area contributed by atoms with Crippen molar-refractivity contribution in [2.45, 2.75) is 26.7 Å². The Kier molecular flexibility index (Phi) is 4.51. The third-order valence-corrected chi connectivity index (χ3v) is 5.02. The van der Waals surface area contributed by atoms with Crippen molar-refractivity contribution in [3.63, 3.8) is 0 Å². The van der Waals surface area contributed by atoms with Gasteiger partial charge in [-0.25, -0.2) is 0 Å². The number of likely N-dealkylation sites (N-methyl/N-ethyl adjacent to an activating group) is 1. The second-order valence-corrected chi connectivity index (χ2v) is 6.61. The molecule has 1 aliphatic heterocycles. The van der Waals surface area contributed by atoms with Crippen LogP contribution in [-0.2, 0) is 12.8 Å². The van der Waals surface area contributed by atoms with E-state index in [2.05, 4.69) is 37.1 Å². The van der Waals surface area contributed by atoms with E-state index in [4.69, 9.17) is 22.1 Å². The Morgan fingerprint density at radius 2 is 2.00 bits per heavy atom. The van der Waals surface area contributed by atoms with Crippen LogP contribution in [0.1, 0.15) is 22.3 Å². The molecule has 0 saturated heterocycles. The number of fused-ring (bicyclic) bond motifs is 1. The molecule has 122 valence electrons. The maximum Gasteiger partial charge on any atom is 0.132 e. The predicted molar refractivity (Wildman–Crippen MR) is 97.2 cm³/mol. The van der Waals surface area contributed by atoms with Crippen LogP contribution in [0.4, 0.5) is 5.69 Å². The molecular formula is C19H23ClN2O. The van der Waals surface area contributed by atoms with Crippen LogP contribution in [0.25, 0.3) is 0 Å². The zero-order chi connectivity index (χ0) is 16.6. The van der Waals surface area contributed by atoms with Crippen LogP contribution in [-0.4, -0.2) is 20.1 Å². The first-order valence-electron chi connectivity index (χ1n) is 8.02. The van der Waals surface area contributed by atoms with Gasteiger partial charge in [-0.2, -0.15) is 0 Å². The number of nitrogens with zero attached hydrogens (tertiary/aromatic N) is 1. The molecule has 1 heterocycles. The highest BCUT2D eigenvalue weighted by molar-refractivity contribution is 6.31. The summed E-state index contributed by atoms with van der Waals surface area (Å²) in [6, 6.07) is 8.17. The van der Waals surface area contributed by atoms with Crippen molar-refractivity contribution in [3.8, 4) is 11.5 Å². The zero-order valence-electron chi connectivity index (χ0n) is 13.9. The van der Waals surface area contributed by atoms with Crippen molar-refractivity contribution >= 4 is 17.3 Å². The summed E-state index contributed by atoms with van der Waals surface area (Å²) in [7, 11) is 2.13. The molecule has 0 amide bonds. The lowest BCUT2D eigenvalue weighted by Gasteiger charge is -2.17. The summed E-state index contributed by atoms with van der Waals surface area (Å²) in [5, 5.41) is 0.722. The van der Waals surface area contributed by atoms with Crippen LogP contribution in [0.5, 0.6) is 11.5 Å². The summed E-state index contributed by atoms with van der Waals surface area (Å²) in [6.45, 7) is 5.79. The Morgan fingerprint density at radius 3 is 2.74 bits per heavy atom. The second kappa shape index (κ2) is 6.42. The molecule has 23 heavy (non-hydrogen) atoms. The molecule has 0 aliphatic carbocycles. The first-order valence-corrected chi connectivity index (χ1v) is 8.39. The molecule has 0 atom stereocenters. The predicted octanol–water partition coefficient (Wildman–Crippen LogP) is 4.24. The molecule has 0 radical (unpaired) electrons. The quantitative estimate of drug-likeness (QED) is 0.911. The van der Waals surface area contributed by atoms with Crippen molar-refractivity contribution in [3.05, 3.63) is 51.5 Å². The van der Waals surface area contributed by atoms with E-state index in [-0.39, 0.29) is 0 Å². The summed E-state index contributed by atoms with van der Waals surface area (Å²) in [5.74, 6) is 1.71. The molecule has 1 aliphatic rings. The number of nitrogens with two attached hydrogens (primary N) is 1. The molecule has 0 unspecified atom stereocenters. The molecule has 3 rings (SSSR count). The van der Waals surface area contributed by atoms with Crippen molar-refractivity contribution in [1.82, 2.24) is 0 Å². The number of aryl methyl sites for hydroxylation is 1. The van der Waals surface area contributed by atoms with E-state index in [1.165, 1.54) is 16.8 Å². The van der Waals surface area contributed by atoms with Gasteiger partial charge in [-0.15, -0.1) is 0 Å². The van der Waals surface area contributed by atoms with Gasteiger partial charge in [-0.05, 0) is 73.7 Å². The Hall–Kier alpha value is -1.71. The second-order valence-electron chi connectivity index (χ2n) is 6.21. The van der Waals surface area contributed by atoms with Crippen molar-refractivity contribution < 1.29 is 4.74 Å². The Labute approximate surface area is 143 Å². The topological polar surface area (TPSA) is 38.5 Å². The Bertz CT molecular complexity index is 743. The molecule has 2 aromatic carbocycles. The molecule has 3 nitrogen and oxygen atoms in total. The molecule has 4 heteroatoms. The fourth-order valence-electron chi connectivity index (χ4n) is 3.19. The van der Waals surface area contributed by atoms with Gasteiger partial charge in [0.05, 0.1) is 0 Å². The van der Waals surface area contributed by atoms with E-state index >= 15 is 0 Å². The first kappa shape index (κ1) is 16.2. The van der Waals surface area contributed by atoms with Crippen LogP contribution in [0.3, 0.4) is 0 Å². The van der Waals surface area contributed by atoms with E-state index in [0.29, 0.717) is 6.54 Å². The lowest BCUT2D eigenvalue weighted by Crippen LogP contribution is -2.12. The number of hydrogen-bond donors (Lipinski definition) is 1. The molecule has 0 fully saturated rings. The van der Waals surface area contributed by atoms with E-state index in [1.807, 2.05) is 13.0 Å². The zero-order valence-corrected chi connectivity index (χ0v) is 14.7. The fraction of sp³-hybridized carbons (Fsp3) is 0.368. The highest BCUT2D eigenvalue weighted by atomic mass is 35.5. The Balaban J connectivity index is 1.98. The maximum atomic E-state index is 6.29. The summed E-state index contributed by atoms with van der Waals surface area (Å²) >= 11 is 6.29. The number of ether oxygens (including phenoxy) is 1. The van der Waals surface area contributed by atoms with Crippen molar-refractivity contribution in [1.29, 1.82) is 0 Å². The summed E-state index contributed by atoms with van der Waals surface area (Å²) in [4.78, 5) is 2.29. The van der Waals surface area contributed by atoms with Gasteiger partial charge in [0, 0.05) is 24.3 Å². The summed E-state index contributed by atoms with van der Waals surface area (Å²) < 4.78 is 6.23. The third kappa shape index (κ3) is 3.04. The highest BCUT2D eigenvalue weighted by Gasteiger charge is 2.20. The van der Waals surface area contributed by atoms with Crippen LogP contribution >= 0.6 is 11.6 Å². The van der Waals surface area contributed by atoms with Gasteiger partial charge >= 0.3 is 0 Å². The highest BCUT2D eigenvalue weighted by Crippen LogP contribution is 2.38. The third-order valence-electron chi connectivity index (χ3n) is 4.61. The fourth-order valence-corrected chi connectivity index (χ4v) is 3.35. The van der Waals surface area contributed by atoms with Gasteiger partial charge in [0.2, 0.25) is 0 Å². The van der Waals surface area contributed by atoms with E-state index in [0.717, 1.165) is 47.0 Å². The van der Waals surface area contributed by atoms with Crippen LogP contribution in [0.15, 0.2) is 24.3 Å². The number of benzene rings is 2. The minimum atomic E-state index is 0.589. The van der Waals surface area contributed by atoms with Crippen molar-refractivity contribution in [2.24, 2.45) is 5.73 Å². The number of rotatable bonds is 4. The van der Waals surface area contributed by atoms with Crippen molar-refractivity contribution in [2.75, 3.05) is 25.0 Å². The summed E-state index contributed by atoms with van der Waals surface area (Å²) in [5.41, 5.74) is 11.8. The summed E-state index contributed by atoms with van der Waals surface area (Å²) in [6.07, 6.45) is 1.85. The van der Waals surface area contributed by atoms with Crippen LogP contribution in [0.2, 0.25) is 5.02 Å². The molecule has 0 bridgehead atoms. The molecule has 0 aromatic heterocycles. The van der Waals surface area contributed by atoms with Gasteiger partial charge in [0.25, 0.3) is 0 Å². The van der Waals surface area contributed by atoms with E-state index in [9.17, 15) is 0 Å². The van der Waals surface area contributed by atoms with Crippen LogP contribution in [0, 0.1) is 13.8 Å². The standard InChI is InChI=1S/C19H23ClN2O/c1-12-10-14(6-8-21)19(11-16(12)20)23-18-5-4-17-15(13(18)2)7-9-22(17)3/h4-5,10-11H,6-9,21H2,1-3H3. The van der Waals surface area contributed by atoms with Crippen LogP contribution < -0.4 is 15.4 Å². The van der Waals surface area contributed by atoms with Gasteiger partial charge in [-0.3, -0.25) is 0 Å². The van der Waals surface area contributed by atoms with E-state index in [1.54, 1.807) is 0 Å². The molecule has 2 aromatic rings. The maximum absolute atomic E-state index is 6.29. The van der Waals surface area contributed by atoms with Gasteiger partial charge < -0.3 is 15.4 Å². The Morgan fingerprint density at radius 1 is 1.22 bits per heavy atom. The lowest BCUT2D eigenvalue weighted by atomic mass is 10.0. The van der Waals surface area contributed by atoms with Gasteiger partial charge in [0.1, 0.15) is 11.5 Å². The molecule has 0 saturated carbocycles. The average Bonchev–Trinajstić information content (AvgIpc) is 2.89. The van der Waals surface area contributed by atoms with Gasteiger partial charge in [0.15, 0.2) is 0 Å². The number of hydrogen-bond acceptors (Lipinski definition) is 3. The SMILES string of the molecule is Cc1cc(CCN)c(Oc2ccc3c(c2C)CCN3C)cc1Cl. The minimum absolute atomic E-state index is 0.589. The largest absolute Gasteiger partial charge is 0.457 e. The molecule has 0 spiro atoms. The average molecular weight is 331 g/mol. The molecule has 2 N–H and O–H groups in total. The normalized spacial score (nSPS) is 13.3.